The zero-order valence-electron chi connectivity index (χ0n) is 18.7. The van der Waals surface area contributed by atoms with Crippen molar-refractivity contribution in [2.75, 3.05) is 26.7 Å². The van der Waals surface area contributed by atoms with E-state index in [1.54, 1.807) is 19.2 Å². The van der Waals surface area contributed by atoms with Gasteiger partial charge in [-0.25, -0.2) is 0 Å². The van der Waals surface area contributed by atoms with E-state index in [1.165, 1.54) is 5.56 Å². The van der Waals surface area contributed by atoms with Crippen LogP contribution < -0.4 is 10.1 Å². The van der Waals surface area contributed by atoms with Gasteiger partial charge in [-0.2, -0.15) is 0 Å². The molecule has 1 aliphatic rings. The molecule has 2 aromatic rings. The molecule has 1 amide bonds. The van der Waals surface area contributed by atoms with E-state index < -0.39 is 12.0 Å². The first kappa shape index (κ1) is 24.1. The number of rotatable bonds is 11. The number of halogens is 1. The van der Waals surface area contributed by atoms with Crippen LogP contribution in [0.5, 0.6) is 5.75 Å². The molecule has 172 valence electrons. The van der Waals surface area contributed by atoms with E-state index in [-0.39, 0.29) is 18.3 Å². The molecule has 0 unspecified atom stereocenters. The smallest absolute Gasteiger partial charge is 0.307 e. The predicted molar refractivity (Wildman–Crippen MR) is 125 cm³/mol. The monoisotopic (exact) mass is 458 g/mol. The number of carbonyl (C=O) groups excluding carboxylic acids is 2. The van der Waals surface area contributed by atoms with Gasteiger partial charge in [-0.3, -0.25) is 14.5 Å². The number of esters is 1. The average molecular weight is 459 g/mol. The molecule has 0 radical (unpaired) electrons. The van der Waals surface area contributed by atoms with Crippen LogP contribution in [0.1, 0.15) is 43.4 Å². The Morgan fingerprint density at radius 1 is 1.16 bits per heavy atom. The highest BCUT2D eigenvalue weighted by molar-refractivity contribution is 6.30. The van der Waals surface area contributed by atoms with Crippen LogP contribution in [0.4, 0.5) is 0 Å². The van der Waals surface area contributed by atoms with E-state index in [0.29, 0.717) is 12.3 Å². The number of ether oxygens (including phenoxy) is 2. The van der Waals surface area contributed by atoms with Crippen molar-refractivity contribution in [2.45, 2.75) is 38.8 Å². The predicted octanol–water partition coefficient (Wildman–Crippen LogP) is 4.37. The fourth-order valence-corrected chi connectivity index (χ4v) is 3.98. The Morgan fingerprint density at radius 3 is 2.53 bits per heavy atom. The summed E-state index contributed by atoms with van der Waals surface area (Å²) in [6.45, 7) is 5.15. The van der Waals surface area contributed by atoms with Crippen LogP contribution in [0.3, 0.4) is 0 Å². The first-order chi connectivity index (χ1) is 15.5. The van der Waals surface area contributed by atoms with Gasteiger partial charge in [0.15, 0.2) is 0 Å². The maximum Gasteiger partial charge on any atom is 0.307 e. The summed E-state index contributed by atoms with van der Waals surface area (Å²) in [5.41, 5.74) is 1.98. The number of hydrogen-bond acceptors (Lipinski definition) is 5. The van der Waals surface area contributed by atoms with Gasteiger partial charge in [0.2, 0.25) is 5.91 Å². The van der Waals surface area contributed by atoms with Crippen molar-refractivity contribution in [3.05, 3.63) is 64.7 Å². The van der Waals surface area contributed by atoms with Gasteiger partial charge >= 0.3 is 5.97 Å². The van der Waals surface area contributed by atoms with Gasteiger partial charge in [0.05, 0.1) is 19.4 Å². The van der Waals surface area contributed by atoms with Crippen molar-refractivity contribution in [1.82, 2.24) is 10.2 Å². The summed E-state index contributed by atoms with van der Waals surface area (Å²) in [4.78, 5) is 27.2. The summed E-state index contributed by atoms with van der Waals surface area (Å²) >= 11 is 5.99. The lowest BCUT2D eigenvalue weighted by atomic mass is 9.94. The topological polar surface area (TPSA) is 67.9 Å². The van der Waals surface area contributed by atoms with E-state index in [4.69, 9.17) is 21.1 Å². The van der Waals surface area contributed by atoms with Crippen molar-refractivity contribution in [2.24, 2.45) is 5.92 Å². The van der Waals surface area contributed by atoms with Crippen LogP contribution in [-0.2, 0) is 20.9 Å². The van der Waals surface area contributed by atoms with Crippen molar-refractivity contribution in [1.29, 1.82) is 0 Å². The standard InChI is InChI=1S/C25H31ClN2O4/c1-3-4-14-28(17-18-5-9-20(26)10-6-18)15-13-27-25(30)22-16-23(29)32-24(22)19-7-11-21(31-2)12-8-19/h5-12,22,24H,3-4,13-17H2,1-2H3,(H,27,30)/t22-,24+/m0/s1. The maximum atomic E-state index is 12.9. The minimum Gasteiger partial charge on any atom is -0.497 e. The molecule has 1 N–H and O–H groups in total. The highest BCUT2D eigenvalue weighted by Gasteiger charge is 2.40. The van der Waals surface area contributed by atoms with E-state index in [0.717, 1.165) is 43.1 Å². The van der Waals surface area contributed by atoms with Gasteiger partial charge in [0, 0.05) is 24.7 Å². The summed E-state index contributed by atoms with van der Waals surface area (Å²) in [5, 5.41) is 3.73. The molecule has 1 saturated heterocycles. The molecule has 0 aromatic heterocycles. The number of nitrogens with zero attached hydrogens (tertiary/aromatic N) is 1. The molecule has 6 nitrogen and oxygen atoms in total. The zero-order valence-corrected chi connectivity index (χ0v) is 19.4. The number of carbonyl (C=O) groups is 2. The van der Waals surface area contributed by atoms with Gasteiger partial charge in [-0.15, -0.1) is 0 Å². The van der Waals surface area contributed by atoms with E-state index >= 15 is 0 Å². The number of nitrogens with one attached hydrogen (secondary N) is 1. The van der Waals surface area contributed by atoms with Crippen LogP contribution >= 0.6 is 11.6 Å². The molecule has 32 heavy (non-hydrogen) atoms. The van der Waals surface area contributed by atoms with Crippen molar-refractivity contribution < 1.29 is 19.1 Å². The van der Waals surface area contributed by atoms with Crippen molar-refractivity contribution >= 4 is 23.5 Å². The number of hydrogen-bond donors (Lipinski definition) is 1. The van der Waals surface area contributed by atoms with Crippen LogP contribution in [-0.4, -0.2) is 43.5 Å². The fraction of sp³-hybridized carbons (Fsp3) is 0.440. The van der Waals surface area contributed by atoms with E-state index in [1.807, 2.05) is 36.4 Å². The molecule has 0 bridgehead atoms. The molecule has 7 heteroatoms. The Morgan fingerprint density at radius 2 is 1.88 bits per heavy atom. The molecule has 2 aromatic carbocycles. The second-order valence-corrected chi connectivity index (χ2v) is 8.48. The Hall–Kier alpha value is -2.57. The maximum absolute atomic E-state index is 12.9. The Bertz CT molecular complexity index is 886. The Balaban J connectivity index is 1.56. The van der Waals surface area contributed by atoms with E-state index in [9.17, 15) is 9.59 Å². The molecule has 0 saturated carbocycles. The lowest BCUT2D eigenvalue weighted by Crippen LogP contribution is -2.38. The summed E-state index contributed by atoms with van der Waals surface area (Å²) in [5.74, 6) is -0.319. The number of amides is 1. The Kier molecular flexibility index (Phi) is 8.94. The SMILES string of the molecule is CCCCN(CCNC(=O)[C@H]1CC(=O)O[C@@H]1c1ccc(OC)cc1)Cc1ccc(Cl)cc1. The largest absolute Gasteiger partial charge is 0.497 e. The summed E-state index contributed by atoms with van der Waals surface area (Å²) in [6, 6.07) is 15.1. The molecule has 1 heterocycles. The summed E-state index contributed by atoms with van der Waals surface area (Å²) < 4.78 is 10.6. The second kappa shape index (κ2) is 11.9. The molecule has 0 spiro atoms. The number of methoxy groups -OCH3 is 1. The minimum atomic E-state index is -0.571. The summed E-state index contributed by atoms with van der Waals surface area (Å²) in [6.07, 6.45) is 1.71. The molecule has 3 rings (SSSR count). The third-order valence-electron chi connectivity index (χ3n) is 5.67. The first-order valence-electron chi connectivity index (χ1n) is 11.1. The number of benzene rings is 2. The van der Waals surface area contributed by atoms with Crippen molar-refractivity contribution in [3.63, 3.8) is 0 Å². The van der Waals surface area contributed by atoms with Gasteiger partial charge in [-0.1, -0.05) is 49.2 Å². The van der Waals surface area contributed by atoms with Gasteiger partial charge in [0.25, 0.3) is 0 Å². The molecule has 1 aliphatic heterocycles. The normalized spacial score (nSPS) is 17.9. The zero-order chi connectivity index (χ0) is 22.9. The molecule has 1 fully saturated rings. The molecular weight excluding hydrogens is 428 g/mol. The van der Waals surface area contributed by atoms with Crippen LogP contribution in [0.2, 0.25) is 5.02 Å². The quantitative estimate of drug-likeness (QED) is 0.506. The molecular formula is C25H31ClN2O4. The lowest BCUT2D eigenvalue weighted by Gasteiger charge is -2.23. The second-order valence-electron chi connectivity index (χ2n) is 8.04. The third kappa shape index (κ3) is 6.71. The highest BCUT2D eigenvalue weighted by atomic mass is 35.5. The number of unbranched alkanes of at least 4 members (excludes halogenated alkanes) is 1. The minimum absolute atomic E-state index is 0.0901. The number of cyclic esters (lactones) is 1. The third-order valence-corrected chi connectivity index (χ3v) is 5.92. The Labute approximate surface area is 194 Å². The van der Waals surface area contributed by atoms with Crippen LogP contribution in [0, 0.1) is 5.92 Å². The van der Waals surface area contributed by atoms with Gasteiger partial charge in [0.1, 0.15) is 11.9 Å². The average Bonchev–Trinajstić information content (AvgIpc) is 3.20. The first-order valence-corrected chi connectivity index (χ1v) is 11.5. The summed E-state index contributed by atoms with van der Waals surface area (Å²) in [7, 11) is 1.59. The molecule has 0 aliphatic carbocycles. The lowest BCUT2D eigenvalue weighted by molar-refractivity contribution is -0.141. The highest BCUT2D eigenvalue weighted by Crippen LogP contribution is 2.36. The van der Waals surface area contributed by atoms with Crippen LogP contribution in [0.25, 0.3) is 0 Å². The molecule has 2 atom stereocenters. The fourth-order valence-electron chi connectivity index (χ4n) is 3.85. The van der Waals surface area contributed by atoms with E-state index in [2.05, 4.69) is 17.1 Å². The van der Waals surface area contributed by atoms with Crippen LogP contribution in [0.15, 0.2) is 48.5 Å². The van der Waals surface area contributed by atoms with Crippen molar-refractivity contribution in [3.8, 4) is 5.75 Å². The van der Waals surface area contributed by atoms with Gasteiger partial charge in [-0.05, 0) is 48.4 Å². The van der Waals surface area contributed by atoms with Gasteiger partial charge < -0.3 is 14.8 Å².